The molecule has 2 heterocycles. The summed E-state index contributed by atoms with van der Waals surface area (Å²) in [4.78, 5) is 0. The summed E-state index contributed by atoms with van der Waals surface area (Å²) in [6.07, 6.45) is 2.44. The second-order valence-electron chi connectivity index (χ2n) is 5.80. The monoisotopic (exact) mass is 261 g/mol. The summed E-state index contributed by atoms with van der Waals surface area (Å²) in [5.41, 5.74) is 2.90. The van der Waals surface area contributed by atoms with Crippen molar-refractivity contribution in [2.45, 2.75) is 38.5 Å². The molecule has 0 atom stereocenters. The molecule has 19 heavy (non-hydrogen) atoms. The number of benzene rings is 1. The summed E-state index contributed by atoms with van der Waals surface area (Å²) in [5.74, 6) is 3.05. The van der Waals surface area contributed by atoms with E-state index >= 15 is 0 Å². The lowest BCUT2D eigenvalue weighted by atomic mass is 9.83. The molecule has 2 aliphatic heterocycles. The molecule has 0 saturated carbocycles. The Morgan fingerprint density at radius 1 is 1.05 bits per heavy atom. The minimum Gasteiger partial charge on any atom is -0.486 e. The van der Waals surface area contributed by atoms with Gasteiger partial charge in [0.25, 0.3) is 0 Å². The molecule has 0 aromatic heterocycles. The van der Waals surface area contributed by atoms with Crippen LogP contribution in [0.2, 0.25) is 0 Å². The molecule has 3 nitrogen and oxygen atoms in total. The highest BCUT2D eigenvalue weighted by Crippen LogP contribution is 2.40. The molecule has 3 rings (SSSR count). The number of rotatable bonds is 2. The topological polar surface area (TPSA) is 30.5 Å². The maximum atomic E-state index is 5.75. The Bertz CT molecular complexity index is 450. The van der Waals surface area contributed by atoms with Crippen molar-refractivity contribution in [3.05, 3.63) is 23.3 Å². The van der Waals surface area contributed by atoms with E-state index in [1.54, 1.807) is 0 Å². The van der Waals surface area contributed by atoms with Crippen LogP contribution < -0.4 is 14.8 Å². The van der Waals surface area contributed by atoms with Gasteiger partial charge in [-0.1, -0.05) is 13.8 Å². The molecule has 2 aliphatic rings. The predicted octanol–water partition coefficient (Wildman–Crippen LogP) is 3.05. The first kappa shape index (κ1) is 12.8. The van der Waals surface area contributed by atoms with Gasteiger partial charge in [0.05, 0.1) is 0 Å². The van der Waals surface area contributed by atoms with E-state index in [9.17, 15) is 0 Å². The Morgan fingerprint density at radius 2 is 1.68 bits per heavy atom. The molecular formula is C16H23NO2. The molecule has 3 heteroatoms. The Hall–Kier alpha value is -1.22. The molecule has 0 aliphatic carbocycles. The van der Waals surface area contributed by atoms with Crippen LogP contribution in [0.25, 0.3) is 0 Å². The van der Waals surface area contributed by atoms with Gasteiger partial charge in [-0.2, -0.15) is 0 Å². The van der Waals surface area contributed by atoms with Crippen molar-refractivity contribution < 1.29 is 9.47 Å². The van der Waals surface area contributed by atoms with Crippen LogP contribution in [0.5, 0.6) is 11.5 Å². The number of hydrogen-bond donors (Lipinski definition) is 1. The lowest BCUT2D eigenvalue weighted by Crippen LogP contribution is -2.27. The molecule has 0 unspecified atom stereocenters. The van der Waals surface area contributed by atoms with Crippen LogP contribution in [0.4, 0.5) is 0 Å². The smallest absolute Gasteiger partial charge is 0.161 e. The van der Waals surface area contributed by atoms with Crippen molar-refractivity contribution >= 4 is 0 Å². The summed E-state index contributed by atoms with van der Waals surface area (Å²) >= 11 is 0. The van der Waals surface area contributed by atoms with Gasteiger partial charge in [-0.25, -0.2) is 0 Å². The molecule has 1 saturated heterocycles. The van der Waals surface area contributed by atoms with Crippen LogP contribution in [0, 0.1) is 0 Å². The highest BCUT2D eigenvalue weighted by Gasteiger charge is 2.23. The van der Waals surface area contributed by atoms with Gasteiger partial charge in [0.1, 0.15) is 13.2 Å². The van der Waals surface area contributed by atoms with Gasteiger partial charge in [0, 0.05) is 0 Å². The van der Waals surface area contributed by atoms with E-state index in [-0.39, 0.29) is 0 Å². The summed E-state index contributed by atoms with van der Waals surface area (Å²) < 4.78 is 11.5. The fourth-order valence-corrected chi connectivity index (χ4v) is 3.11. The molecule has 104 valence electrons. The first-order chi connectivity index (χ1) is 9.25. The van der Waals surface area contributed by atoms with E-state index < -0.39 is 0 Å². The van der Waals surface area contributed by atoms with E-state index in [4.69, 9.17) is 9.47 Å². The van der Waals surface area contributed by atoms with Crippen molar-refractivity contribution in [1.29, 1.82) is 0 Å². The van der Waals surface area contributed by atoms with Crippen LogP contribution >= 0.6 is 0 Å². The average molecular weight is 261 g/mol. The highest BCUT2D eigenvalue weighted by atomic mass is 16.6. The lowest BCUT2D eigenvalue weighted by molar-refractivity contribution is 0.171. The quantitative estimate of drug-likeness (QED) is 0.887. The Morgan fingerprint density at radius 3 is 2.32 bits per heavy atom. The van der Waals surface area contributed by atoms with E-state index in [1.165, 1.54) is 24.0 Å². The van der Waals surface area contributed by atoms with Gasteiger partial charge < -0.3 is 14.8 Å². The number of fused-ring (bicyclic) bond motifs is 1. The largest absolute Gasteiger partial charge is 0.486 e. The standard InChI is InChI=1S/C16H23NO2/c1-11(2)13-9-15-16(19-8-7-18-15)10-14(13)12-3-5-17-6-4-12/h9-12,17H,3-8H2,1-2H3. The van der Waals surface area contributed by atoms with Crippen molar-refractivity contribution in [3.8, 4) is 11.5 Å². The third kappa shape index (κ3) is 2.57. The molecule has 1 aromatic rings. The molecular weight excluding hydrogens is 238 g/mol. The minimum atomic E-state index is 0.528. The van der Waals surface area contributed by atoms with E-state index in [2.05, 4.69) is 31.3 Å². The first-order valence-corrected chi connectivity index (χ1v) is 7.40. The second-order valence-corrected chi connectivity index (χ2v) is 5.80. The number of hydrogen-bond acceptors (Lipinski definition) is 3. The normalized spacial score (nSPS) is 19.7. The molecule has 1 fully saturated rings. The third-order valence-electron chi connectivity index (χ3n) is 4.15. The van der Waals surface area contributed by atoms with E-state index in [1.807, 2.05) is 0 Å². The molecule has 1 aromatic carbocycles. The van der Waals surface area contributed by atoms with Gasteiger partial charge in [-0.15, -0.1) is 0 Å². The summed E-state index contributed by atoms with van der Waals surface area (Å²) in [6.45, 7) is 8.09. The number of nitrogens with one attached hydrogen (secondary N) is 1. The molecule has 0 radical (unpaired) electrons. The minimum absolute atomic E-state index is 0.528. The van der Waals surface area contributed by atoms with Gasteiger partial charge >= 0.3 is 0 Å². The van der Waals surface area contributed by atoms with Gasteiger partial charge in [-0.3, -0.25) is 0 Å². The zero-order valence-electron chi connectivity index (χ0n) is 11.9. The molecule has 0 amide bonds. The van der Waals surface area contributed by atoms with Gasteiger partial charge in [-0.05, 0) is 61.0 Å². The summed E-state index contributed by atoms with van der Waals surface area (Å²) in [7, 11) is 0. The summed E-state index contributed by atoms with van der Waals surface area (Å²) in [5, 5.41) is 3.44. The van der Waals surface area contributed by atoms with Crippen molar-refractivity contribution in [1.82, 2.24) is 5.32 Å². The first-order valence-electron chi connectivity index (χ1n) is 7.40. The lowest BCUT2D eigenvalue weighted by Gasteiger charge is -2.29. The number of piperidine rings is 1. The van der Waals surface area contributed by atoms with Crippen molar-refractivity contribution in [2.24, 2.45) is 0 Å². The van der Waals surface area contributed by atoms with E-state index in [0.29, 0.717) is 25.0 Å². The van der Waals surface area contributed by atoms with Crippen LogP contribution in [-0.4, -0.2) is 26.3 Å². The van der Waals surface area contributed by atoms with Crippen molar-refractivity contribution in [3.63, 3.8) is 0 Å². The zero-order valence-corrected chi connectivity index (χ0v) is 11.9. The zero-order chi connectivity index (χ0) is 13.2. The van der Waals surface area contributed by atoms with Crippen LogP contribution in [0.1, 0.15) is 49.7 Å². The fourth-order valence-electron chi connectivity index (χ4n) is 3.11. The molecule has 0 spiro atoms. The maximum Gasteiger partial charge on any atom is 0.161 e. The fraction of sp³-hybridized carbons (Fsp3) is 0.625. The van der Waals surface area contributed by atoms with Crippen LogP contribution in [-0.2, 0) is 0 Å². The maximum absolute atomic E-state index is 5.75. The van der Waals surface area contributed by atoms with Crippen LogP contribution in [0.3, 0.4) is 0 Å². The van der Waals surface area contributed by atoms with Crippen molar-refractivity contribution in [2.75, 3.05) is 26.3 Å². The Kier molecular flexibility index (Phi) is 3.65. The van der Waals surface area contributed by atoms with E-state index in [0.717, 1.165) is 24.6 Å². The van der Waals surface area contributed by atoms with Gasteiger partial charge in [0.2, 0.25) is 0 Å². The Labute approximate surface area is 115 Å². The Balaban J connectivity index is 2.00. The molecule has 0 bridgehead atoms. The van der Waals surface area contributed by atoms with Gasteiger partial charge in [0.15, 0.2) is 11.5 Å². The average Bonchev–Trinajstić information content (AvgIpc) is 2.46. The SMILES string of the molecule is CC(C)c1cc2c(cc1C1CCNCC1)OCCO2. The summed E-state index contributed by atoms with van der Waals surface area (Å²) in [6, 6.07) is 4.44. The molecule has 1 N–H and O–H groups in total. The second kappa shape index (κ2) is 5.41. The van der Waals surface area contributed by atoms with Crippen LogP contribution in [0.15, 0.2) is 12.1 Å². The number of ether oxygens (including phenoxy) is 2. The predicted molar refractivity (Wildman–Crippen MR) is 76.4 cm³/mol. The third-order valence-corrected chi connectivity index (χ3v) is 4.15. The highest BCUT2D eigenvalue weighted by molar-refractivity contribution is 5.50.